The van der Waals surface area contributed by atoms with Gasteiger partial charge in [-0.2, -0.15) is 9.36 Å². The molecule has 0 bridgehead atoms. The maximum Gasteiger partial charge on any atom is 0.368 e. The fourth-order valence-corrected chi connectivity index (χ4v) is 2.63. The summed E-state index contributed by atoms with van der Waals surface area (Å²) in [5.41, 5.74) is 0.00464. The molecule has 3 rings (SSSR count). The van der Waals surface area contributed by atoms with Gasteiger partial charge in [-0.15, -0.1) is 0 Å². The van der Waals surface area contributed by atoms with Gasteiger partial charge in [0, 0.05) is 19.5 Å². The summed E-state index contributed by atoms with van der Waals surface area (Å²) in [5, 5.41) is 7.58. The third-order valence-electron chi connectivity index (χ3n) is 3.99. The van der Waals surface area contributed by atoms with Crippen molar-refractivity contribution in [1.29, 1.82) is 0 Å². The third-order valence-corrected chi connectivity index (χ3v) is 3.99. The second kappa shape index (κ2) is 6.01. The molecular formula is C16H21FN4O3. The van der Waals surface area contributed by atoms with Crippen LogP contribution in [0.1, 0.15) is 32.8 Å². The van der Waals surface area contributed by atoms with Crippen molar-refractivity contribution in [3.05, 3.63) is 34.0 Å². The fourth-order valence-electron chi connectivity index (χ4n) is 2.63. The van der Waals surface area contributed by atoms with Crippen LogP contribution in [-0.2, 0) is 17.2 Å². The number of hydrogen-bond donors (Lipinski definition) is 0. The molecule has 1 aliphatic heterocycles. The van der Waals surface area contributed by atoms with Crippen LogP contribution in [0.25, 0.3) is 5.69 Å². The van der Waals surface area contributed by atoms with Crippen molar-refractivity contribution < 1.29 is 13.9 Å². The standard InChI is InChI=1S/C16H21FN4O3/c1-16(2,3)11-7-13(21-15(22)20(4)18-19-21)14(8-12(11)17)24-10-5-6-23-9-10/h7-8,10H,5-6,9H2,1-4H3. The van der Waals surface area contributed by atoms with E-state index in [1.165, 1.54) is 13.1 Å². The average molecular weight is 336 g/mol. The first kappa shape index (κ1) is 16.6. The molecule has 1 aromatic heterocycles. The quantitative estimate of drug-likeness (QED) is 0.851. The van der Waals surface area contributed by atoms with E-state index in [4.69, 9.17) is 9.47 Å². The highest BCUT2D eigenvalue weighted by atomic mass is 19.1. The van der Waals surface area contributed by atoms with Gasteiger partial charge in [0.25, 0.3) is 0 Å². The molecule has 2 aromatic rings. The number of hydrogen-bond acceptors (Lipinski definition) is 5. The molecule has 8 heteroatoms. The third kappa shape index (κ3) is 3.06. The smallest absolute Gasteiger partial charge is 0.368 e. The Hall–Kier alpha value is -2.22. The lowest BCUT2D eigenvalue weighted by atomic mass is 9.86. The zero-order valence-corrected chi connectivity index (χ0v) is 14.2. The van der Waals surface area contributed by atoms with Crippen LogP contribution in [0.2, 0.25) is 0 Å². The van der Waals surface area contributed by atoms with Gasteiger partial charge in [-0.05, 0) is 27.5 Å². The van der Waals surface area contributed by atoms with Crippen molar-refractivity contribution >= 4 is 0 Å². The van der Waals surface area contributed by atoms with Gasteiger partial charge in [-0.3, -0.25) is 0 Å². The Labute approximate surface area is 139 Å². The Morgan fingerprint density at radius 3 is 2.62 bits per heavy atom. The molecule has 1 aromatic carbocycles. The molecule has 130 valence electrons. The van der Waals surface area contributed by atoms with Gasteiger partial charge in [0.2, 0.25) is 0 Å². The van der Waals surface area contributed by atoms with E-state index < -0.39 is 11.1 Å². The lowest BCUT2D eigenvalue weighted by Gasteiger charge is -2.23. The van der Waals surface area contributed by atoms with Crippen molar-refractivity contribution in [2.75, 3.05) is 13.2 Å². The molecule has 1 saturated heterocycles. The van der Waals surface area contributed by atoms with Crippen LogP contribution in [0.5, 0.6) is 5.75 Å². The number of halogens is 1. The monoisotopic (exact) mass is 336 g/mol. The van der Waals surface area contributed by atoms with Gasteiger partial charge in [-0.1, -0.05) is 20.8 Å². The second-order valence-electron chi connectivity index (χ2n) is 6.95. The van der Waals surface area contributed by atoms with Crippen molar-refractivity contribution in [2.24, 2.45) is 7.05 Å². The average Bonchev–Trinajstić information content (AvgIpc) is 3.10. The number of aryl methyl sites for hydroxylation is 1. The van der Waals surface area contributed by atoms with Crippen LogP contribution in [-0.4, -0.2) is 39.1 Å². The predicted octanol–water partition coefficient (Wildman–Crippen LogP) is 1.57. The van der Waals surface area contributed by atoms with Crippen LogP contribution in [0, 0.1) is 5.82 Å². The first-order chi connectivity index (χ1) is 11.3. The maximum atomic E-state index is 14.6. The molecule has 0 spiro atoms. The number of benzene rings is 1. The molecule has 1 atom stereocenters. The molecule has 0 amide bonds. The van der Waals surface area contributed by atoms with E-state index >= 15 is 0 Å². The molecule has 0 N–H and O–H groups in total. The molecule has 2 heterocycles. The summed E-state index contributed by atoms with van der Waals surface area (Å²) in [5.74, 6) is -0.115. The van der Waals surface area contributed by atoms with Crippen LogP contribution in [0.3, 0.4) is 0 Å². The fraction of sp³-hybridized carbons (Fsp3) is 0.562. The predicted molar refractivity (Wildman–Crippen MR) is 85.1 cm³/mol. The van der Waals surface area contributed by atoms with E-state index in [0.29, 0.717) is 24.5 Å². The van der Waals surface area contributed by atoms with Crippen molar-refractivity contribution in [2.45, 2.75) is 38.7 Å². The molecule has 1 unspecified atom stereocenters. The summed E-state index contributed by atoms with van der Waals surface area (Å²) in [4.78, 5) is 12.2. The largest absolute Gasteiger partial charge is 0.486 e. The van der Waals surface area contributed by atoms with Gasteiger partial charge < -0.3 is 9.47 Å². The molecule has 0 radical (unpaired) electrons. The van der Waals surface area contributed by atoms with Crippen LogP contribution in [0.15, 0.2) is 16.9 Å². The zero-order chi connectivity index (χ0) is 17.5. The summed E-state index contributed by atoms with van der Waals surface area (Å²) in [6.07, 6.45) is 0.549. The second-order valence-corrected chi connectivity index (χ2v) is 6.95. The Bertz CT molecular complexity index is 801. The minimum absolute atomic E-state index is 0.170. The van der Waals surface area contributed by atoms with E-state index in [0.717, 1.165) is 15.8 Å². The van der Waals surface area contributed by atoms with E-state index in [1.807, 2.05) is 20.8 Å². The molecule has 1 aliphatic rings. The Morgan fingerprint density at radius 1 is 1.33 bits per heavy atom. The Morgan fingerprint density at radius 2 is 2.08 bits per heavy atom. The minimum Gasteiger partial charge on any atom is -0.486 e. The van der Waals surface area contributed by atoms with Crippen molar-refractivity contribution in [3.63, 3.8) is 0 Å². The molecule has 7 nitrogen and oxygen atoms in total. The van der Waals surface area contributed by atoms with Crippen LogP contribution < -0.4 is 10.4 Å². The lowest BCUT2D eigenvalue weighted by molar-refractivity contribution is 0.141. The summed E-state index contributed by atoms with van der Waals surface area (Å²) in [7, 11) is 1.51. The normalized spacial score (nSPS) is 18.1. The molecule has 1 fully saturated rings. The molecular weight excluding hydrogens is 315 g/mol. The van der Waals surface area contributed by atoms with E-state index in [1.54, 1.807) is 6.07 Å². The summed E-state index contributed by atoms with van der Waals surface area (Å²) >= 11 is 0. The van der Waals surface area contributed by atoms with Gasteiger partial charge >= 0.3 is 5.69 Å². The number of rotatable bonds is 3. The minimum atomic E-state index is -0.431. The van der Waals surface area contributed by atoms with Crippen molar-refractivity contribution in [1.82, 2.24) is 19.8 Å². The van der Waals surface area contributed by atoms with Gasteiger partial charge in [0.15, 0.2) is 0 Å². The highest BCUT2D eigenvalue weighted by Gasteiger charge is 2.26. The molecule has 0 saturated carbocycles. The number of nitrogens with zero attached hydrogens (tertiary/aromatic N) is 4. The van der Waals surface area contributed by atoms with E-state index in [9.17, 15) is 9.18 Å². The van der Waals surface area contributed by atoms with Crippen LogP contribution >= 0.6 is 0 Å². The SMILES string of the molecule is Cn1nnn(-c2cc(C(C)(C)C)c(F)cc2OC2CCOC2)c1=O. The summed E-state index contributed by atoms with van der Waals surface area (Å²) < 4.78 is 28.0. The highest BCUT2D eigenvalue weighted by molar-refractivity contribution is 5.50. The van der Waals surface area contributed by atoms with E-state index in [2.05, 4.69) is 10.4 Å². The summed E-state index contributed by atoms with van der Waals surface area (Å²) in [6, 6.07) is 2.92. The number of tetrazole rings is 1. The van der Waals surface area contributed by atoms with Crippen molar-refractivity contribution in [3.8, 4) is 11.4 Å². The Balaban J connectivity index is 2.14. The zero-order valence-electron chi connectivity index (χ0n) is 14.2. The topological polar surface area (TPSA) is 71.2 Å². The lowest BCUT2D eigenvalue weighted by Crippen LogP contribution is -2.25. The first-order valence-electron chi connectivity index (χ1n) is 7.85. The number of ether oxygens (including phenoxy) is 2. The van der Waals surface area contributed by atoms with Gasteiger partial charge in [0.1, 0.15) is 23.4 Å². The number of aromatic nitrogens is 4. The van der Waals surface area contributed by atoms with Gasteiger partial charge in [0.05, 0.1) is 13.2 Å². The molecule has 24 heavy (non-hydrogen) atoms. The molecule has 0 aliphatic carbocycles. The first-order valence-corrected chi connectivity index (χ1v) is 7.85. The van der Waals surface area contributed by atoms with E-state index in [-0.39, 0.29) is 17.7 Å². The summed E-state index contributed by atoms with van der Waals surface area (Å²) in [6.45, 7) is 6.75. The Kier molecular flexibility index (Phi) is 4.16. The maximum absolute atomic E-state index is 14.6. The van der Waals surface area contributed by atoms with Gasteiger partial charge in [-0.25, -0.2) is 9.18 Å². The highest BCUT2D eigenvalue weighted by Crippen LogP contribution is 2.33. The van der Waals surface area contributed by atoms with Crippen LogP contribution in [0.4, 0.5) is 4.39 Å².